The molecule has 1 saturated heterocycles. The van der Waals surface area contributed by atoms with Crippen LogP contribution in [-0.4, -0.2) is 57.8 Å². The highest BCUT2D eigenvalue weighted by atomic mass is 16.5. The highest BCUT2D eigenvalue weighted by Crippen LogP contribution is 2.16. The molecule has 0 spiro atoms. The van der Waals surface area contributed by atoms with Crippen LogP contribution in [0, 0.1) is 6.92 Å². The standard InChI is InChI=1S/C12H15N7O2/c1-9-6-10(17-21-9)14-11-7-13-16-12(15-11)19-4-2-18(8-20)3-5-19/h6-8H,2-5H2,1H3,(H,14,15,16,17). The smallest absolute Gasteiger partial charge is 0.247 e. The van der Waals surface area contributed by atoms with Gasteiger partial charge in [0, 0.05) is 32.2 Å². The zero-order valence-corrected chi connectivity index (χ0v) is 11.6. The molecule has 110 valence electrons. The molecule has 3 heterocycles. The second-order valence-electron chi connectivity index (χ2n) is 4.72. The summed E-state index contributed by atoms with van der Waals surface area (Å²) in [6.45, 7) is 4.51. The number of aromatic nitrogens is 4. The van der Waals surface area contributed by atoms with Crippen molar-refractivity contribution in [3.05, 3.63) is 18.0 Å². The van der Waals surface area contributed by atoms with Gasteiger partial charge in [0.05, 0.1) is 6.20 Å². The summed E-state index contributed by atoms with van der Waals surface area (Å²) in [6.07, 6.45) is 2.39. The molecule has 0 atom stereocenters. The molecule has 9 nitrogen and oxygen atoms in total. The highest BCUT2D eigenvalue weighted by molar-refractivity contribution is 5.52. The van der Waals surface area contributed by atoms with Crippen LogP contribution in [0.15, 0.2) is 16.8 Å². The first-order valence-electron chi connectivity index (χ1n) is 6.59. The monoisotopic (exact) mass is 289 g/mol. The number of hydrogen-bond acceptors (Lipinski definition) is 8. The Bertz CT molecular complexity index is 622. The Balaban J connectivity index is 1.70. The zero-order valence-electron chi connectivity index (χ0n) is 11.6. The number of rotatable bonds is 4. The number of carbonyl (C=O) groups excluding carboxylic acids is 1. The first-order chi connectivity index (χ1) is 10.2. The molecule has 1 amide bonds. The Hall–Kier alpha value is -2.71. The number of nitrogens with one attached hydrogen (secondary N) is 1. The molecule has 0 bridgehead atoms. The Labute approximate surface area is 120 Å². The van der Waals surface area contributed by atoms with E-state index in [9.17, 15) is 4.79 Å². The van der Waals surface area contributed by atoms with Crippen LogP contribution in [0.2, 0.25) is 0 Å². The van der Waals surface area contributed by atoms with E-state index in [0.29, 0.717) is 49.5 Å². The number of anilines is 3. The van der Waals surface area contributed by atoms with Gasteiger partial charge in [-0.1, -0.05) is 5.16 Å². The highest BCUT2D eigenvalue weighted by Gasteiger charge is 2.18. The van der Waals surface area contributed by atoms with Crippen LogP contribution in [0.3, 0.4) is 0 Å². The summed E-state index contributed by atoms with van der Waals surface area (Å²) in [4.78, 5) is 18.8. The van der Waals surface area contributed by atoms with Crippen molar-refractivity contribution in [1.82, 2.24) is 25.2 Å². The van der Waals surface area contributed by atoms with Gasteiger partial charge in [-0.3, -0.25) is 4.79 Å². The van der Waals surface area contributed by atoms with E-state index >= 15 is 0 Å². The summed E-state index contributed by atoms with van der Waals surface area (Å²) in [5.41, 5.74) is 0. The average molecular weight is 289 g/mol. The SMILES string of the molecule is Cc1cc(Nc2cnnc(N3CCN(C=O)CC3)n2)no1. The lowest BCUT2D eigenvalue weighted by Gasteiger charge is -2.32. The predicted octanol–water partition coefficient (Wildman–Crippen LogP) is 0.190. The Kier molecular flexibility index (Phi) is 3.63. The van der Waals surface area contributed by atoms with Gasteiger partial charge in [-0.05, 0) is 6.92 Å². The van der Waals surface area contributed by atoms with Crippen LogP contribution in [-0.2, 0) is 4.79 Å². The lowest BCUT2D eigenvalue weighted by molar-refractivity contribution is -0.118. The van der Waals surface area contributed by atoms with Crippen LogP contribution in [0.25, 0.3) is 0 Å². The second-order valence-corrected chi connectivity index (χ2v) is 4.72. The molecular formula is C12H15N7O2. The summed E-state index contributed by atoms with van der Waals surface area (Å²) in [5.74, 6) is 2.37. The summed E-state index contributed by atoms with van der Waals surface area (Å²) in [6, 6.07) is 1.77. The van der Waals surface area contributed by atoms with Gasteiger partial charge in [0.2, 0.25) is 12.4 Å². The molecule has 3 rings (SSSR count). The van der Waals surface area contributed by atoms with E-state index in [2.05, 4.69) is 25.7 Å². The topological polar surface area (TPSA) is 100 Å². The van der Waals surface area contributed by atoms with Crippen molar-refractivity contribution in [3.63, 3.8) is 0 Å². The molecule has 0 aromatic carbocycles. The van der Waals surface area contributed by atoms with E-state index in [1.807, 2.05) is 11.8 Å². The second kappa shape index (κ2) is 5.73. The average Bonchev–Trinajstić information content (AvgIpc) is 2.93. The van der Waals surface area contributed by atoms with Crippen molar-refractivity contribution in [1.29, 1.82) is 0 Å². The molecule has 21 heavy (non-hydrogen) atoms. The summed E-state index contributed by atoms with van der Waals surface area (Å²) < 4.78 is 4.98. The van der Waals surface area contributed by atoms with Gasteiger partial charge >= 0.3 is 0 Å². The van der Waals surface area contributed by atoms with Gasteiger partial charge in [0.15, 0.2) is 11.6 Å². The van der Waals surface area contributed by atoms with Crippen molar-refractivity contribution in [2.24, 2.45) is 0 Å². The van der Waals surface area contributed by atoms with Crippen molar-refractivity contribution in [3.8, 4) is 0 Å². The number of aryl methyl sites for hydroxylation is 1. The molecule has 9 heteroatoms. The molecule has 0 radical (unpaired) electrons. The third kappa shape index (κ3) is 3.07. The maximum absolute atomic E-state index is 10.7. The third-order valence-corrected chi connectivity index (χ3v) is 3.18. The van der Waals surface area contributed by atoms with E-state index in [1.54, 1.807) is 11.0 Å². The normalized spacial score (nSPS) is 15.1. The first-order valence-corrected chi connectivity index (χ1v) is 6.59. The van der Waals surface area contributed by atoms with Crippen molar-refractivity contribution >= 4 is 24.0 Å². The van der Waals surface area contributed by atoms with E-state index in [0.717, 1.165) is 6.41 Å². The molecule has 1 aliphatic rings. The lowest BCUT2D eigenvalue weighted by atomic mass is 10.3. The lowest BCUT2D eigenvalue weighted by Crippen LogP contribution is -2.46. The van der Waals surface area contributed by atoms with Crippen LogP contribution in [0.1, 0.15) is 5.76 Å². The minimum atomic E-state index is 0.533. The van der Waals surface area contributed by atoms with Crippen molar-refractivity contribution < 1.29 is 9.32 Å². The van der Waals surface area contributed by atoms with E-state index in [-0.39, 0.29) is 0 Å². The number of nitrogens with zero attached hydrogens (tertiary/aromatic N) is 6. The van der Waals surface area contributed by atoms with Gasteiger partial charge < -0.3 is 19.6 Å². The van der Waals surface area contributed by atoms with Crippen LogP contribution < -0.4 is 10.2 Å². The fourth-order valence-electron chi connectivity index (χ4n) is 2.07. The van der Waals surface area contributed by atoms with E-state index < -0.39 is 0 Å². The largest absolute Gasteiger partial charge is 0.360 e. The molecule has 2 aromatic heterocycles. The number of hydrogen-bond donors (Lipinski definition) is 1. The van der Waals surface area contributed by atoms with Crippen molar-refractivity contribution in [2.75, 3.05) is 36.4 Å². The van der Waals surface area contributed by atoms with Gasteiger partial charge in [-0.15, -0.1) is 5.10 Å². The fourth-order valence-corrected chi connectivity index (χ4v) is 2.07. The minimum Gasteiger partial charge on any atom is -0.360 e. The summed E-state index contributed by atoms with van der Waals surface area (Å²) in [7, 11) is 0. The van der Waals surface area contributed by atoms with E-state index in [4.69, 9.17) is 4.52 Å². The number of carbonyl (C=O) groups is 1. The summed E-state index contributed by atoms with van der Waals surface area (Å²) in [5, 5.41) is 14.8. The van der Waals surface area contributed by atoms with Crippen LogP contribution in [0.5, 0.6) is 0 Å². The van der Waals surface area contributed by atoms with Gasteiger partial charge in [0.1, 0.15) is 5.76 Å². The minimum absolute atomic E-state index is 0.533. The number of piperazine rings is 1. The molecular weight excluding hydrogens is 274 g/mol. The third-order valence-electron chi connectivity index (χ3n) is 3.18. The fraction of sp³-hybridized carbons (Fsp3) is 0.417. The molecule has 0 saturated carbocycles. The maximum atomic E-state index is 10.7. The number of amides is 1. The van der Waals surface area contributed by atoms with Crippen LogP contribution in [0.4, 0.5) is 17.6 Å². The van der Waals surface area contributed by atoms with E-state index in [1.165, 1.54) is 6.20 Å². The predicted molar refractivity (Wildman–Crippen MR) is 74.2 cm³/mol. The molecule has 1 fully saturated rings. The Morgan fingerprint density at radius 3 is 2.76 bits per heavy atom. The molecule has 1 aliphatic heterocycles. The zero-order chi connectivity index (χ0) is 14.7. The summed E-state index contributed by atoms with van der Waals surface area (Å²) >= 11 is 0. The van der Waals surface area contributed by atoms with Gasteiger partial charge in [0.25, 0.3) is 0 Å². The van der Waals surface area contributed by atoms with Crippen LogP contribution >= 0.6 is 0 Å². The molecule has 1 N–H and O–H groups in total. The molecule has 0 unspecified atom stereocenters. The Morgan fingerprint density at radius 2 is 2.10 bits per heavy atom. The van der Waals surface area contributed by atoms with Gasteiger partial charge in [-0.2, -0.15) is 10.1 Å². The quantitative estimate of drug-likeness (QED) is 0.796. The van der Waals surface area contributed by atoms with Gasteiger partial charge in [-0.25, -0.2) is 0 Å². The van der Waals surface area contributed by atoms with Crippen molar-refractivity contribution in [2.45, 2.75) is 6.92 Å². The first kappa shape index (κ1) is 13.3. The maximum Gasteiger partial charge on any atom is 0.247 e. The Morgan fingerprint density at radius 1 is 1.29 bits per heavy atom. The molecule has 0 aliphatic carbocycles. The molecule has 2 aromatic rings.